The van der Waals surface area contributed by atoms with E-state index in [1.54, 1.807) is 5.57 Å². The van der Waals surface area contributed by atoms with Gasteiger partial charge in [-0.05, 0) is 83.9 Å². The molecule has 10 atom stereocenters. The molecule has 4 saturated carbocycles. The Kier molecular flexibility index (Phi) is 5.46. The van der Waals surface area contributed by atoms with Gasteiger partial charge in [-0.2, -0.15) is 0 Å². The van der Waals surface area contributed by atoms with Crippen LogP contribution in [0.3, 0.4) is 0 Å². The maximum Gasteiger partial charge on any atom is 0.0794 e. The maximum absolute atomic E-state index is 11.7. The van der Waals surface area contributed by atoms with Crippen molar-refractivity contribution in [1.82, 2.24) is 0 Å². The number of aliphatic hydroxyl groups excluding tert-OH is 2. The number of methoxy groups -OCH3 is 1. The smallest absolute Gasteiger partial charge is 0.0794 e. The fourth-order valence-electron chi connectivity index (χ4n) is 10.7. The first-order valence-electron chi connectivity index (χ1n) is 14.2. The molecule has 0 bridgehead atoms. The van der Waals surface area contributed by atoms with Gasteiger partial charge in [-0.25, -0.2) is 0 Å². The fourth-order valence-corrected chi connectivity index (χ4v) is 10.7. The molecule has 0 amide bonds. The summed E-state index contributed by atoms with van der Waals surface area (Å²) in [6.07, 6.45) is 10.9. The van der Waals surface area contributed by atoms with Gasteiger partial charge in [-0.1, -0.05) is 67.0 Å². The van der Waals surface area contributed by atoms with Crippen molar-refractivity contribution < 1.29 is 14.9 Å². The second-order valence-electron chi connectivity index (χ2n) is 15.7. The van der Waals surface area contributed by atoms with Crippen molar-refractivity contribution in [2.24, 2.45) is 50.2 Å². The molecule has 5 aliphatic rings. The largest absolute Gasteiger partial charge is 0.392 e. The van der Waals surface area contributed by atoms with E-state index < -0.39 is 12.2 Å². The van der Waals surface area contributed by atoms with Gasteiger partial charge in [0.1, 0.15) is 0 Å². The second-order valence-corrected chi connectivity index (χ2v) is 15.7. The zero-order valence-electron chi connectivity index (χ0n) is 23.5. The molecule has 0 aromatic carbocycles. The maximum atomic E-state index is 11.7. The summed E-state index contributed by atoms with van der Waals surface area (Å²) in [7, 11) is 1.89. The predicted molar refractivity (Wildman–Crippen MR) is 138 cm³/mol. The van der Waals surface area contributed by atoms with E-state index in [4.69, 9.17) is 4.74 Å². The number of aliphatic hydroxyl groups is 2. The van der Waals surface area contributed by atoms with Crippen LogP contribution in [-0.2, 0) is 4.74 Å². The van der Waals surface area contributed by atoms with Crippen molar-refractivity contribution in [3.05, 3.63) is 11.6 Å². The minimum absolute atomic E-state index is 0.0222. The molecule has 2 N–H and O–H groups in total. The van der Waals surface area contributed by atoms with Crippen LogP contribution in [0.2, 0.25) is 0 Å². The van der Waals surface area contributed by atoms with Crippen molar-refractivity contribution in [3.8, 4) is 0 Å². The number of fused-ring (bicyclic) bond motifs is 7. The van der Waals surface area contributed by atoms with Gasteiger partial charge in [0.15, 0.2) is 0 Å². The summed E-state index contributed by atoms with van der Waals surface area (Å²) in [6.45, 7) is 19.5. The van der Waals surface area contributed by atoms with Gasteiger partial charge in [0, 0.05) is 24.9 Å². The number of allylic oxidation sites excluding steroid dienone is 1. The molecule has 4 fully saturated rings. The molecule has 34 heavy (non-hydrogen) atoms. The molecule has 3 nitrogen and oxygen atoms in total. The number of rotatable bonds is 1. The Bertz CT molecular complexity index is 874. The van der Waals surface area contributed by atoms with Crippen LogP contribution in [0.25, 0.3) is 0 Å². The third-order valence-electron chi connectivity index (χ3n) is 13.4. The van der Waals surface area contributed by atoms with Gasteiger partial charge in [0.2, 0.25) is 0 Å². The van der Waals surface area contributed by atoms with Crippen LogP contribution in [0.4, 0.5) is 0 Å². The van der Waals surface area contributed by atoms with Crippen LogP contribution < -0.4 is 0 Å². The molecule has 0 radical (unpaired) electrons. The van der Waals surface area contributed by atoms with E-state index in [0.717, 1.165) is 12.8 Å². The Morgan fingerprint density at radius 3 is 2.15 bits per heavy atom. The summed E-state index contributed by atoms with van der Waals surface area (Å²) in [5, 5.41) is 22.7. The van der Waals surface area contributed by atoms with Crippen LogP contribution in [0, 0.1) is 50.2 Å². The summed E-state index contributed by atoms with van der Waals surface area (Å²) in [6, 6.07) is 0. The zero-order valence-corrected chi connectivity index (χ0v) is 23.5. The van der Waals surface area contributed by atoms with Crippen LogP contribution >= 0.6 is 0 Å². The van der Waals surface area contributed by atoms with E-state index in [1.165, 1.54) is 32.1 Å². The molecule has 0 aliphatic heterocycles. The van der Waals surface area contributed by atoms with E-state index in [9.17, 15) is 10.2 Å². The second kappa shape index (κ2) is 7.35. The standard InChI is InChI=1S/C31H52O3/c1-26(2)12-13-28(5)14-15-29(6)19(20(28)18-26)16-21(34-9)25-30(29,7)11-10-22-27(3,4)23(32)17-24(33)31(22,25)8/h16,20-25,32-33H,10-15,17-18H2,1-9H3/t20-,21-,22+,23+,24+,25+,28-,29-,30-,31-/m1/s1. The lowest BCUT2D eigenvalue weighted by Gasteiger charge is -2.73. The van der Waals surface area contributed by atoms with E-state index in [0.29, 0.717) is 23.2 Å². The SMILES string of the molecule is CO[C@@H]1C=C2[C@H]3CC(C)(C)CC[C@]3(C)CC[C@@]2(C)[C@]2(C)CC[C@H]3C(C)(C)[C@@H](O)C[C@H](O)[C@]3(C)[C@@H]12. The van der Waals surface area contributed by atoms with Gasteiger partial charge < -0.3 is 14.9 Å². The Balaban J connectivity index is 1.67. The van der Waals surface area contributed by atoms with Crippen LogP contribution in [0.5, 0.6) is 0 Å². The van der Waals surface area contributed by atoms with Crippen molar-refractivity contribution in [3.63, 3.8) is 0 Å². The summed E-state index contributed by atoms with van der Waals surface area (Å²) in [5.41, 5.74) is 2.23. The molecule has 0 aromatic rings. The van der Waals surface area contributed by atoms with Crippen LogP contribution in [0.1, 0.15) is 107 Å². The molecule has 0 aromatic heterocycles. The normalized spacial score (nSPS) is 55.8. The van der Waals surface area contributed by atoms with E-state index in [1.807, 2.05) is 7.11 Å². The van der Waals surface area contributed by atoms with Crippen molar-refractivity contribution in [2.75, 3.05) is 7.11 Å². The molecular formula is C31H52O3. The van der Waals surface area contributed by atoms with Crippen molar-refractivity contribution >= 4 is 0 Å². The summed E-state index contributed by atoms with van der Waals surface area (Å²) in [4.78, 5) is 0. The third kappa shape index (κ3) is 2.99. The highest BCUT2D eigenvalue weighted by molar-refractivity contribution is 5.36. The number of hydrogen-bond acceptors (Lipinski definition) is 3. The summed E-state index contributed by atoms with van der Waals surface area (Å²) >= 11 is 0. The quantitative estimate of drug-likeness (QED) is 0.414. The monoisotopic (exact) mass is 472 g/mol. The molecule has 0 unspecified atom stereocenters. The van der Waals surface area contributed by atoms with E-state index in [-0.39, 0.29) is 39.6 Å². The van der Waals surface area contributed by atoms with E-state index >= 15 is 0 Å². The first-order valence-corrected chi connectivity index (χ1v) is 14.2. The lowest BCUT2D eigenvalue weighted by atomic mass is 9.33. The first-order chi connectivity index (χ1) is 15.6. The Labute approximate surface area is 209 Å². The van der Waals surface area contributed by atoms with Gasteiger partial charge in [0.05, 0.1) is 18.3 Å². The van der Waals surface area contributed by atoms with Crippen LogP contribution in [0.15, 0.2) is 11.6 Å². The summed E-state index contributed by atoms with van der Waals surface area (Å²) in [5.74, 6) is 1.17. The Hall–Kier alpha value is -0.380. The Morgan fingerprint density at radius 2 is 1.50 bits per heavy atom. The lowest BCUT2D eigenvalue weighted by molar-refractivity contribution is -0.262. The highest BCUT2D eigenvalue weighted by Gasteiger charge is 2.71. The first kappa shape index (κ1) is 25.3. The molecule has 0 heterocycles. The Morgan fingerprint density at radius 1 is 0.853 bits per heavy atom. The van der Waals surface area contributed by atoms with Gasteiger partial charge in [-0.15, -0.1) is 0 Å². The zero-order chi connectivity index (χ0) is 25.1. The van der Waals surface area contributed by atoms with Gasteiger partial charge in [0.25, 0.3) is 0 Å². The fraction of sp³-hybridized carbons (Fsp3) is 0.935. The third-order valence-corrected chi connectivity index (χ3v) is 13.4. The molecule has 3 heteroatoms. The minimum Gasteiger partial charge on any atom is -0.392 e. The van der Waals surface area contributed by atoms with Crippen molar-refractivity contribution in [2.45, 2.75) is 125 Å². The molecular weight excluding hydrogens is 420 g/mol. The number of ether oxygens (including phenoxy) is 1. The molecule has 0 spiro atoms. The van der Waals surface area contributed by atoms with E-state index in [2.05, 4.69) is 61.5 Å². The van der Waals surface area contributed by atoms with Gasteiger partial charge in [-0.3, -0.25) is 0 Å². The molecule has 0 saturated heterocycles. The highest BCUT2D eigenvalue weighted by Crippen LogP contribution is 2.75. The number of hydrogen-bond donors (Lipinski definition) is 2. The average molecular weight is 473 g/mol. The molecule has 5 aliphatic carbocycles. The predicted octanol–water partition coefficient (Wildman–Crippen LogP) is 6.76. The highest BCUT2D eigenvalue weighted by atomic mass is 16.5. The average Bonchev–Trinajstić information content (AvgIpc) is 2.74. The molecule has 194 valence electrons. The topological polar surface area (TPSA) is 49.7 Å². The lowest BCUT2D eigenvalue weighted by Crippen LogP contribution is -2.70. The minimum atomic E-state index is -0.496. The van der Waals surface area contributed by atoms with Gasteiger partial charge >= 0.3 is 0 Å². The van der Waals surface area contributed by atoms with Crippen molar-refractivity contribution in [1.29, 1.82) is 0 Å². The molecule has 5 rings (SSSR count). The van der Waals surface area contributed by atoms with Crippen LogP contribution in [-0.4, -0.2) is 35.6 Å². The summed E-state index contributed by atoms with van der Waals surface area (Å²) < 4.78 is 6.39.